The average molecular weight is 285 g/mol. The van der Waals surface area contributed by atoms with Crippen LogP contribution < -0.4 is 4.72 Å². The maximum Gasteiger partial charge on any atom is 0.240 e. The molecule has 0 amide bonds. The quantitative estimate of drug-likeness (QED) is 0.925. The summed E-state index contributed by atoms with van der Waals surface area (Å²) in [5.74, 6) is 1.13. The summed E-state index contributed by atoms with van der Waals surface area (Å²) < 4.78 is 27.0. The van der Waals surface area contributed by atoms with Gasteiger partial charge in [-0.1, -0.05) is 6.92 Å². The van der Waals surface area contributed by atoms with E-state index >= 15 is 0 Å². The molecule has 1 atom stereocenters. The van der Waals surface area contributed by atoms with Crippen molar-refractivity contribution in [2.45, 2.75) is 48.9 Å². The van der Waals surface area contributed by atoms with Crippen molar-refractivity contribution in [2.24, 2.45) is 0 Å². The van der Waals surface area contributed by atoms with E-state index in [1.807, 2.05) is 37.7 Å². The fourth-order valence-electron chi connectivity index (χ4n) is 1.92. The third-order valence-electron chi connectivity index (χ3n) is 3.16. The van der Waals surface area contributed by atoms with Crippen molar-refractivity contribution in [1.82, 2.24) is 4.72 Å². The van der Waals surface area contributed by atoms with Gasteiger partial charge in [0.15, 0.2) is 0 Å². The fourth-order valence-corrected chi connectivity index (χ4v) is 4.32. The van der Waals surface area contributed by atoms with Crippen LogP contribution in [0.25, 0.3) is 0 Å². The van der Waals surface area contributed by atoms with Gasteiger partial charge < -0.3 is 0 Å². The lowest BCUT2D eigenvalue weighted by Gasteiger charge is -2.17. The molecule has 0 aliphatic carbocycles. The molecule has 18 heavy (non-hydrogen) atoms. The van der Waals surface area contributed by atoms with Crippen LogP contribution in [0.2, 0.25) is 0 Å². The Bertz CT molecular complexity index is 526. The van der Waals surface area contributed by atoms with E-state index in [1.54, 1.807) is 6.07 Å². The van der Waals surface area contributed by atoms with E-state index in [-0.39, 0.29) is 6.04 Å². The number of aryl methyl sites for hydroxylation is 1. The van der Waals surface area contributed by atoms with E-state index in [2.05, 4.69) is 4.72 Å². The molecular weight excluding hydrogens is 266 g/mol. The summed E-state index contributed by atoms with van der Waals surface area (Å²) in [6.45, 7) is 3.85. The molecule has 1 N–H and O–H groups in total. The maximum absolute atomic E-state index is 12.2. The molecule has 2 rings (SSSR count). The van der Waals surface area contributed by atoms with Crippen LogP contribution in [0.15, 0.2) is 28.0 Å². The molecule has 1 aromatic carbocycles. The highest BCUT2D eigenvalue weighted by Gasteiger charge is 2.19. The van der Waals surface area contributed by atoms with Gasteiger partial charge >= 0.3 is 0 Å². The van der Waals surface area contributed by atoms with Gasteiger partial charge in [-0.05, 0) is 55.7 Å². The zero-order chi connectivity index (χ0) is 13.2. The van der Waals surface area contributed by atoms with E-state index in [0.717, 1.165) is 25.0 Å². The van der Waals surface area contributed by atoms with Gasteiger partial charge in [0.2, 0.25) is 10.0 Å². The van der Waals surface area contributed by atoms with Gasteiger partial charge in [-0.25, -0.2) is 13.1 Å². The van der Waals surface area contributed by atoms with Gasteiger partial charge in [0.25, 0.3) is 0 Å². The molecule has 1 unspecified atom stereocenters. The van der Waals surface area contributed by atoms with Gasteiger partial charge in [-0.15, -0.1) is 11.8 Å². The highest BCUT2D eigenvalue weighted by molar-refractivity contribution is 7.99. The van der Waals surface area contributed by atoms with Crippen LogP contribution in [0, 0.1) is 0 Å². The lowest BCUT2D eigenvalue weighted by atomic mass is 10.1. The molecule has 1 aliphatic rings. The highest BCUT2D eigenvalue weighted by Crippen LogP contribution is 2.31. The topological polar surface area (TPSA) is 46.2 Å². The number of rotatable bonds is 4. The zero-order valence-corrected chi connectivity index (χ0v) is 12.4. The average Bonchev–Trinajstić information content (AvgIpc) is 2.37. The largest absolute Gasteiger partial charge is 0.240 e. The van der Waals surface area contributed by atoms with Crippen LogP contribution in [0.3, 0.4) is 0 Å². The predicted molar refractivity (Wildman–Crippen MR) is 75.6 cm³/mol. The second-order valence-electron chi connectivity index (χ2n) is 4.65. The highest BCUT2D eigenvalue weighted by atomic mass is 32.2. The number of thioether (sulfide) groups is 1. The second kappa shape index (κ2) is 5.63. The Morgan fingerprint density at radius 1 is 1.44 bits per heavy atom. The predicted octanol–water partition coefficient (Wildman–Crippen LogP) is 2.80. The molecule has 1 aliphatic heterocycles. The van der Waals surface area contributed by atoms with Crippen molar-refractivity contribution in [2.75, 3.05) is 5.75 Å². The fraction of sp³-hybridized carbons (Fsp3) is 0.538. The van der Waals surface area contributed by atoms with E-state index in [4.69, 9.17) is 0 Å². The SMILES string of the molecule is CCC(C)NS(=O)(=O)c1ccc2c(c1)CCCS2. The Kier molecular flexibility index (Phi) is 4.35. The number of hydrogen-bond acceptors (Lipinski definition) is 3. The number of sulfonamides is 1. The summed E-state index contributed by atoms with van der Waals surface area (Å²) in [6.07, 6.45) is 2.90. The van der Waals surface area contributed by atoms with Crippen molar-refractivity contribution < 1.29 is 8.42 Å². The summed E-state index contributed by atoms with van der Waals surface area (Å²) >= 11 is 1.81. The molecule has 5 heteroatoms. The molecule has 0 aromatic heterocycles. The number of nitrogens with one attached hydrogen (secondary N) is 1. The third kappa shape index (κ3) is 3.08. The molecule has 1 aromatic rings. The van der Waals surface area contributed by atoms with Crippen LogP contribution in [-0.2, 0) is 16.4 Å². The zero-order valence-electron chi connectivity index (χ0n) is 10.8. The molecule has 3 nitrogen and oxygen atoms in total. The molecule has 0 saturated carbocycles. The van der Waals surface area contributed by atoms with E-state index in [0.29, 0.717) is 4.90 Å². The first kappa shape index (κ1) is 13.9. The van der Waals surface area contributed by atoms with Gasteiger partial charge in [-0.2, -0.15) is 0 Å². The van der Waals surface area contributed by atoms with Crippen molar-refractivity contribution >= 4 is 21.8 Å². The van der Waals surface area contributed by atoms with Crippen LogP contribution in [0.1, 0.15) is 32.3 Å². The van der Waals surface area contributed by atoms with Gasteiger partial charge in [-0.3, -0.25) is 0 Å². The Morgan fingerprint density at radius 2 is 2.22 bits per heavy atom. The lowest BCUT2D eigenvalue weighted by Crippen LogP contribution is -2.32. The van der Waals surface area contributed by atoms with Gasteiger partial charge in [0, 0.05) is 10.9 Å². The smallest absolute Gasteiger partial charge is 0.208 e. The first-order valence-corrected chi connectivity index (χ1v) is 8.78. The van der Waals surface area contributed by atoms with E-state index < -0.39 is 10.0 Å². The first-order valence-electron chi connectivity index (χ1n) is 6.31. The molecule has 1 heterocycles. The van der Waals surface area contributed by atoms with Crippen LogP contribution in [0.5, 0.6) is 0 Å². The van der Waals surface area contributed by atoms with Crippen LogP contribution in [0.4, 0.5) is 0 Å². The van der Waals surface area contributed by atoms with Crippen molar-refractivity contribution in [3.8, 4) is 0 Å². The molecule has 0 spiro atoms. The van der Waals surface area contributed by atoms with Crippen LogP contribution in [-0.4, -0.2) is 20.2 Å². The summed E-state index contributed by atoms with van der Waals surface area (Å²) in [5.41, 5.74) is 1.17. The van der Waals surface area contributed by atoms with Crippen LogP contribution >= 0.6 is 11.8 Å². The maximum atomic E-state index is 12.2. The lowest BCUT2D eigenvalue weighted by molar-refractivity contribution is 0.555. The normalized spacial score (nSPS) is 17.2. The molecule has 0 radical (unpaired) electrons. The summed E-state index contributed by atoms with van der Waals surface area (Å²) in [4.78, 5) is 1.62. The monoisotopic (exact) mass is 285 g/mol. The number of fused-ring (bicyclic) bond motifs is 1. The second-order valence-corrected chi connectivity index (χ2v) is 7.50. The summed E-state index contributed by atoms with van der Waals surface area (Å²) in [5, 5.41) is 0. The molecule has 0 saturated heterocycles. The Labute approximate surface area is 113 Å². The van der Waals surface area contributed by atoms with Crippen molar-refractivity contribution in [3.63, 3.8) is 0 Å². The molecule has 100 valence electrons. The Morgan fingerprint density at radius 3 is 2.94 bits per heavy atom. The van der Waals surface area contributed by atoms with Gasteiger partial charge in [0.05, 0.1) is 4.90 Å². The number of hydrogen-bond donors (Lipinski definition) is 1. The minimum Gasteiger partial charge on any atom is -0.208 e. The minimum absolute atomic E-state index is 0.0274. The van der Waals surface area contributed by atoms with Gasteiger partial charge in [0.1, 0.15) is 0 Å². The Balaban J connectivity index is 2.28. The first-order chi connectivity index (χ1) is 8.53. The third-order valence-corrected chi connectivity index (χ3v) is 5.95. The molecule has 0 fully saturated rings. The summed E-state index contributed by atoms with van der Waals surface area (Å²) in [6, 6.07) is 5.44. The van der Waals surface area contributed by atoms with E-state index in [1.165, 1.54) is 10.5 Å². The molecule has 0 bridgehead atoms. The van der Waals surface area contributed by atoms with E-state index in [9.17, 15) is 8.42 Å². The Hall–Kier alpha value is -0.520. The number of benzene rings is 1. The van der Waals surface area contributed by atoms with Crippen molar-refractivity contribution in [3.05, 3.63) is 23.8 Å². The van der Waals surface area contributed by atoms with Crippen molar-refractivity contribution in [1.29, 1.82) is 0 Å². The molecular formula is C13H19NO2S2. The standard InChI is InChI=1S/C13H19NO2S2/c1-3-10(2)14-18(15,16)12-6-7-13-11(9-12)5-4-8-17-13/h6-7,9-10,14H,3-5,8H2,1-2H3. The summed E-state index contributed by atoms with van der Waals surface area (Å²) in [7, 11) is -3.36. The minimum atomic E-state index is -3.36.